The van der Waals surface area contributed by atoms with E-state index in [1.807, 2.05) is 0 Å². The van der Waals surface area contributed by atoms with E-state index in [2.05, 4.69) is 66.6 Å². The molecule has 3 fully saturated rings. The maximum atomic E-state index is 13.9. The molecule has 0 spiro atoms. The van der Waals surface area contributed by atoms with Crippen LogP contribution in [0.1, 0.15) is 80.1 Å². The molecule has 0 aromatic carbocycles. The average molecular weight is 485 g/mol. The van der Waals surface area contributed by atoms with Crippen LogP contribution in [0.4, 0.5) is 0 Å². The molecule has 4 aliphatic carbocycles. The summed E-state index contributed by atoms with van der Waals surface area (Å²) < 4.78 is 6.24. The minimum absolute atomic E-state index is 0.000382. The fourth-order valence-corrected chi connectivity index (χ4v) is 9.41. The van der Waals surface area contributed by atoms with Crippen LogP contribution in [0.5, 0.6) is 0 Å². The van der Waals surface area contributed by atoms with Gasteiger partial charge >= 0.3 is 0 Å². The van der Waals surface area contributed by atoms with Crippen molar-refractivity contribution in [1.82, 2.24) is 4.90 Å². The number of hydrogen-bond acceptors (Lipinski definition) is 5. The number of carbonyl (C=O) groups excluding carboxylic acids is 1. The van der Waals surface area contributed by atoms with E-state index in [-0.39, 0.29) is 46.3 Å². The second kappa shape index (κ2) is 8.41. The molecule has 10 atom stereocenters. The third kappa shape index (κ3) is 3.54. The Labute approximate surface area is 212 Å². The lowest BCUT2D eigenvalue weighted by Gasteiger charge is -2.56. The Morgan fingerprint density at radius 1 is 1.14 bits per heavy atom. The predicted octanol–water partition coefficient (Wildman–Crippen LogP) is 5.12. The lowest BCUT2D eigenvalue weighted by molar-refractivity contribution is -0.147. The van der Waals surface area contributed by atoms with Crippen LogP contribution in [0, 0.1) is 45.8 Å². The van der Waals surface area contributed by atoms with Gasteiger partial charge in [-0.05, 0) is 75.8 Å². The minimum Gasteiger partial charge on any atom is -0.480 e. The molecule has 0 aromatic rings. The van der Waals surface area contributed by atoms with Crippen molar-refractivity contribution in [2.45, 2.75) is 98.3 Å². The van der Waals surface area contributed by atoms with Gasteiger partial charge in [0.25, 0.3) is 0 Å². The largest absolute Gasteiger partial charge is 0.480 e. The molecule has 1 heterocycles. The third-order valence-corrected chi connectivity index (χ3v) is 11.8. The number of carbonyl (C=O) groups is 1. The zero-order valence-corrected chi connectivity index (χ0v) is 23.3. The van der Waals surface area contributed by atoms with E-state index in [4.69, 9.17) is 9.73 Å². The Hall–Kier alpha value is -1.20. The summed E-state index contributed by atoms with van der Waals surface area (Å²) in [5, 5.41) is 11.4. The van der Waals surface area contributed by atoms with Crippen molar-refractivity contribution < 1.29 is 14.6 Å². The Kier molecular flexibility index (Phi) is 6.12. The second-order valence-electron chi connectivity index (χ2n) is 14.0. The molecule has 0 saturated heterocycles. The molecule has 0 radical (unpaired) electrons. The molecule has 0 amide bonds. The molecule has 0 bridgehead atoms. The number of rotatable bonds is 3. The van der Waals surface area contributed by atoms with Gasteiger partial charge in [0.15, 0.2) is 5.90 Å². The van der Waals surface area contributed by atoms with Crippen LogP contribution >= 0.6 is 0 Å². The van der Waals surface area contributed by atoms with Gasteiger partial charge in [0.2, 0.25) is 0 Å². The molecule has 1 aliphatic heterocycles. The van der Waals surface area contributed by atoms with Crippen molar-refractivity contribution in [3.63, 3.8) is 0 Å². The normalized spacial score (nSPS) is 48.1. The number of Topliss-reactive ketones (excluding diaryl/α,β-unsaturated/α-hetero) is 1. The molecule has 1 N–H and O–H groups in total. The smallest absolute Gasteiger partial charge is 0.186 e. The van der Waals surface area contributed by atoms with Crippen LogP contribution in [0.25, 0.3) is 0 Å². The van der Waals surface area contributed by atoms with Crippen molar-refractivity contribution in [2.75, 3.05) is 20.7 Å². The molecule has 5 aliphatic rings. The van der Waals surface area contributed by atoms with E-state index in [1.54, 1.807) is 0 Å². The van der Waals surface area contributed by atoms with Gasteiger partial charge in [-0.15, -0.1) is 0 Å². The topological polar surface area (TPSA) is 62.1 Å². The number of nitrogens with zero attached hydrogens (tertiary/aromatic N) is 2. The summed E-state index contributed by atoms with van der Waals surface area (Å²) in [4.78, 5) is 21.2. The van der Waals surface area contributed by atoms with Gasteiger partial charge in [0.1, 0.15) is 5.78 Å². The third-order valence-electron chi connectivity index (χ3n) is 11.8. The molecular formula is C30H48N2O3. The highest BCUT2D eigenvalue weighted by atomic mass is 16.5. The summed E-state index contributed by atoms with van der Waals surface area (Å²) in [6.07, 6.45) is 7.52. The molecule has 5 nitrogen and oxygen atoms in total. The number of ether oxygens (including phenoxy) is 1. The van der Waals surface area contributed by atoms with Crippen molar-refractivity contribution >= 4 is 11.7 Å². The Balaban J connectivity index is 1.48. The monoisotopic (exact) mass is 484 g/mol. The standard InChI is InChI=1S/C30H48N2O3/c1-17(2)27-31-25-12-9-19-13-20-22(11-10-21(19)28(25,4)16-35-27)29(5)15-24(34)26(18(3)32(7)8)30(29,6)14-23(20)33/h9,17-18,20-22,24-26,34H,10-16H2,1-8H3/t18-,20+,21+,22+,24+,25?,26-,28-,29-,30+/m0/s1. The summed E-state index contributed by atoms with van der Waals surface area (Å²) in [6.45, 7) is 14.4. The predicted molar refractivity (Wildman–Crippen MR) is 140 cm³/mol. The van der Waals surface area contributed by atoms with Gasteiger partial charge in [0.05, 0.1) is 18.8 Å². The van der Waals surface area contributed by atoms with E-state index < -0.39 is 0 Å². The highest BCUT2D eigenvalue weighted by molar-refractivity contribution is 5.84. The van der Waals surface area contributed by atoms with Crippen molar-refractivity contribution in [3.8, 4) is 0 Å². The van der Waals surface area contributed by atoms with Crippen molar-refractivity contribution in [3.05, 3.63) is 11.6 Å². The number of ketones is 1. The fraction of sp³-hybridized carbons (Fsp3) is 0.867. The van der Waals surface area contributed by atoms with Crippen LogP contribution in [0.3, 0.4) is 0 Å². The van der Waals surface area contributed by atoms with Crippen LogP contribution < -0.4 is 0 Å². The van der Waals surface area contributed by atoms with E-state index in [9.17, 15) is 9.90 Å². The van der Waals surface area contributed by atoms with Crippen molar-refractivity contribution in [1.29, 1.82) is 0 Å². The zero-order chi connectivity index (χ0) is 25.5. The van der Waals surface area contributed by atoms with Crippen LogP contribution in [0.15, 0.2) is 16.6 Å². The van der Waals surface area contributed by atoms with Crippen LogP contribution in [-0.2, 0) is 9.53 Å². The van der Waals surface area contributed by atoms with Gasteiger partial charge in [-0.25, -0.2) is 0 Å². The van der Waals surface area contributed by atoms with Gasteiger partial charge in [-0.2, -0.15) is 0 Å². The maximum Gasteiger partial charge on any atom is 0.186 e. The molecule has 35 heavy (non-hydrogen) atoms. The average Bonchev–Trinajstić information content (AvgIpc) is 2.91. The first kappa shape index (κ1) is 25.4. The first-order valence-electron chi connectivity index (χ1n) is 14.1. The first-order chi connectivity index (χ1) is 16.3. The number of hydrogen-bond donors (Lipinski definition) is 1. The molecule has 5 rings (SSSR count). The van der Waals surface area contributed by atoms with Gasteiger partial charge in [-0.1, -0.05) is 46.3 Å². The zero-order valence-electron chi connectivity index (χ0n) is 23.3. The number of aliphatic hydroxyl groups excluding tert-OH is 1. The molecule has 5 heteroatoms. The Morgan fingerprint density at radius 2 is 1.86 bits per heavy atom. The van der Waals surface area contributed by atoms with Crippen LogP contribution in [0.2, 0.25) is 0 Å². The first-order valence-corrected chi connectivity index (χ1v) is 14.1. The van der Waals surface area contributed by atoms with Crippen LogP contribution in [-0.4, -0.2) is 60.6 Å². The highest BCUT2D eigenvalue weighted by Crippen LogP contribution is 2.69. The Morgan fingerprint density at radius 3 is 2.51 bits per heavy atom. The summed E-state index contributed by atoms with van der Waals surface area (Å²) >= 11 is 0. The number of aliphatic imine (C=N–C) groups is 1. The SMILES string of the molecule is CC(C)C1=NC2CC=C3C[C@H]4C(=O)C[C@]5(C)[C@@H]([C@H](C)N(C)C)[C@H](O)C[C@@]5(C)[C@@H]4CC[C@H]3[C@]2(C)CO1. The van der Waals surface area contributed by atoms with Gasteiger partial charge < -0.3 is 14.7 Å². The van der Waals surface area contributed by atoms with Gasteiger partial charge in [-0.3, -0.25) is 9.79 Å². The van der Waals surface area contributed by atoms with E-state index in [0.29, 0.717) is 30.0 Å². The van der Waals surface area contributed by atoms with E-state index >= 15 is 0 Å². The summed E-state index contributed by atoms with van der Waals surface area (Å²) in [5.74, 6) is 2.63. The summed E-state index contributed by atoms with van der Waals surface area (Å²) in [5.41, 5.74) is 1.29. The molecule has 3 saturated carbocycles. The maximum absolute atomic E-state index is 13.9. The Bertz CT molecular complexity index is 940. The molecular weight excluding hydrogens is 436 g/mol. The van der Waals surface area contributed by atoms with Gasteiger partial charge in [0, 0.05) is 35.6 Å². The lowest BCUT2D eigenvalue weighted by Crippen LogP contribution is -2.55. The summed E-state index contributed by atoms with van der Waals surface area (Å²) in [6, 6.07) is 0.516. The summed E-state index contributed by atoms with van der Waals surface area (Å²) in [7, 11) is 4.20. The number of aliphatic hydroxyl groups is 1. The molecule has 0 aromatic heterocycles. The second-order valence-corrected chi connectivity index (χ2v) is 14.0. The van der Waals surface area contributed by atoms with E-state index in [1.165, 1.54) is 5.57 Å². The quantitative estimate of drug-likeness (QED) is 0.565. The highest BCUT2D eigenvalue weighted by Gasteiger charge is 2.68. The molecule has 1 unspecified atom stereocenters. The molecule has 196 valence electrons. The van der Waals surface area contributed by atoms with Crippen molar-refractivity contribution in [2.24, 2.45) is 50.8 Å². The lowest BCUT2D eigenvalue weighted by atomic mass is 9.48. The minimum atomic E-state index is -0.351. The fourth-order valence-electron chi connectivity index (χ4n) is 9.41. The number of allylic oxidation sites excluding steroid dienone is 1. The van der Waals surface area contributed by atoms with E-state index in [0.717, 1.165) is 44.6 Å². The number of fused-ring (bicyclic) bond motifs is 6.